The number of anilines is 2. The topological polar surface area (TPSA) is 362 Å². The molecule has 4 aliphatic rings. The molecule has 0 radical (unpaired) electrons. The summed E-state index contributed by atoms with van der Waals surface area (Å²) in [7, 11) is -19.2. The van der Waals surface area contributed by atoms with Crippen molar-refractivity contribution in [1.29, 1.82) is 0 Å². The van der Waals surface area contributed by atoms with Crippen LogP contribution in [0.3, 0.4) is 0 Å². The van der Waals surface area contributed by atoms with Crippen molar-refractivity contribution in [2.24, 2.45) is 17.0 Å². The fourth-order valence-electron chi connectivity index (χ4n) is 14.8. The van der Waals surface area contributed by atoms with Gasteiger partial charge in [-0.1, -0.05) is 105 Å². The standard InChI is InChI=1S/C80H107F3N6O18S4/c1-9-11-18-41-89-65-35-33-60(111(102,103)104)51-62(65)80(7,8)68(89)37-29-55-22-19-21-54(28-36-67-79(5,6)61-50-59(110(99,100)101)32-34-64(61)88(67)40-12-10-2)75(55)107-58-30-26-53(27-31-58)48-56(78(93)94)49-66(90)63(47-52(3)4)87-70(92)25-20-42-105-44-45-106-43-39-85-69(91)38-46-108(95,96)77-72(82)71(81)76(109(84,97)98)73(83)74(77)86-57-23-16-14-13-15-17-24-57/h26-37,50-52,56-57,63,86H,9-25,38-49H2,1-8H3,(H6-,84,85,87,91,92,93,94,97,98,99,100,101,102,103,104)/p+1/t56-,63+/m1/s1. The summed E-state index contributed by atoms with van der Waals surface area (Å²) in [6, 6.07) is 14.8. The molecule has 2 aliphatic heterocycles. The molecule has 2 amide bonds. The third kappa shape index (κ3) is 23.3. The monoisotopic (exact) mass is 1630 g/mol. The van der Waals surface area contributed by atoms with E-state index in [1.54, 1.807) is 36.4 Å². The molecular weight excluding hydrogens is 1520 g/mol. The number of nitrogens with zero attached hydrogens (tertiary/aromatic N) is 2. The number of benzene rings is 4. The van der Waals surface area contributed by atoms with Crippen LogP contribution in [0.5, 0.6) is 5.75 Å². The zero-order chi connectivity index (χ0) is 81.4. The van der Waals surface area contributed by atoms with Gasteiger partial charge in [-0.25, -0.2) is 35.1 Å². The van der Waals surface area contributed by atoms with E-state index in [1.807, 2.05) is 59.8 Å². The van der Waals surface area contributed by atoms with E-state index in [4.69, 9.17) is 19.3 Å². The van der Waals surface area contributed by atoms with Crippen LogP contribution < -0.4 is 30.7 Å². The molecule has 0 spiro atoms. The number of carboxylic acid groups (broad SMARTS) is 1. The average Bonchev–Trinajstić information content (AvgIpc) is 1.68. The van der Waals surface area contributed by atoms with Crippen LogP contribution in [-0.4, -0.2) is 146 Å². The van der Waals surface area contributed by atoms with Gasteiger partial charge in [-0.05, 0) is 161 Å². The number of allylic oxidation sites excluding steroid dienone is 7. The fraction of sp³-hybridized carbons (Fsp3) is 0.537. The van der Waals surface area contributed by atoms with Gasteiger partial charge in [0, 0.05) is 85.9 Å². The maximum Gasteiger partial charge on any atom is 0.307 e. The normalized spacial score (nSPS) is 17.6. The van der Waals surface area contributed by atoms with E-state index >= 15 is 13.2 Å². The van der Waals surface area contributed by atoms with Gasteiger partial charge in [0.05, 0.1) is 58.4 Å². The average molecular weight is 1630 g/mol. The Balaban J connectivity index is 0.883. The van der Waals surface area contributed by atoms with Crippen molar-refractivity contribution in [3.8, 4) is 5.75 Å². The molecule has 31 heteroatoms. The van der Waals surface area contributed by atoms with Gasteiger partial charge < -0.3 is 40.2 Å². The lowest BCUT2D eigenvalue weighted by Crippen LogP contribution is -2.43. The number of sulfone groups is 1. The Bertz CT molecular complexity index is 4700. The molecule has 1 saturated carbocycles. The minimum atomic E-state index is -5.19. The van der Waals surface area contributed by atoms with Crippen LogP contribution >= 0.6 is 0 Å². The van der Waals surface area contributed by atoms with E-state index in [0.29, 0.717) is 68.7 Å². The molecule has 0 unspecified atom stereocenters. The molecule has 0 bridgehead atoms. The highest BCUT2D eigenvalue weighted by atomic mass is 32.2. The first-order valence-corrected chi connectivity index (χ1v) is 44.3. The van der Waals surface area contributed by atoms with Crippen LogP contribution in [0.4, 0.5) is 30.2 Å². The van der Waals surface area contributed by atoms with Crippen LogP contribution in [0.25, 0.3) is 0 Å². The first-order chi connectivity index (χ1) is 52.3. The number of amides is 2. The van der Waals surface area contributed by atoms with Crippen molar-refractivity contribution in [2.75, 3.05) is 62.0 Å². The number of sulfonamides is 1. The SMILES string of the molecule is CCCCC[N+]1=C(/C=C/C2=C(Oc3ccc(C[C@H](CC(=O)[C@H](CC(C)C)NC(=O)CCCOCCOCCNC(=O)CCS(=O)(=O)c4c(F)c(F)c(S(N)(=O)=O)c(F)c4NC4CCCCCCC4)C(=O)O)cc3)C(=C/C=C3/N(CCCC)c4ccc(S(=O)(=O)O)cc4C3(C)C)/CCC2)C(C)(C)c2cc(S(=O)(=O)O)ccc21. The number of carbonyl (C=O) groups excluding carboxylic acids is 3. The summed E-state index contributed by atoms with van der Waals surface area (Å²) in [5.74, 6) is -10.5. The molecule has 24 nitrogen and oxygen atoms in total. The van der Waals surface area contributed by atoms with E-state index in [1.165, 1.54) is 24.3 Å². The number of nitrogens with one attached hydrogen (secondary N) is 3. The molecule has 1 fully saturated rings. The number of unbranched alkanes of at least 4 members (excludes halogenated alkanes) is 3. The number of Topliss-reactive ketones (excluding diaryl/α,β-unsaturated/α-hetero) is 1. The summed E-state index contributed by atoms with van der Waals surface area (Å²) < 4.78 is 188. The quantitative estimate of drug-likeness (QED) is 0.00941. The third-order valence-electron chi connectivity index (χ3n) is 20.8. The first-order valence-electron chi connectivity index (χ1n) is 38.3. The van der Waals surface area contributed by atoms with Crippen molar-refractivity contribution in [3.05, 3.63) is 142 Å². The molecule has 2 aliphatic carbocycles. The fourth-order valence-corrected chi connectivity index (χ4v) is 18.0. The molecule has 4 aromatic carbocycles. The smallest absolute Gasteiger partial charge is 0.307 e. The number of primary sulfonamides is 1. The zero-order valence-corrected chi connectivity index (χ0v) is 67.9. The van der Waals surface area contributed by atoms with Crippen molar-refractivity contribution in [2.45, 2.75) is 233 Å². The minimum absolute atomic E-state index is 0.0269. The Morgan fingerprint density at radius 3 is 1.96 bits per heavy atom. The molecule has 8 rings (SSSR count). The maximum atomic E-state index is 15.8. The van der Waals surface area contributed by atoms with E-state index in [-0.39, 0.29) is 80.8 Å². The molecule has 610 valence electrons. The molecule has 4 aromatic rings. The van der Waals surface area contributed by atoms with Gasteiger partial charge in [0.15, 0.2) is 43.7 Å². The van der Waals surface area contributed by atoms with Gasteiger partial charge in [0.25, 0.3) is 20.2 Å². The predicted molar refractivity (Wildman–Crippen MR) is 417 cm³/mol. The van der Waals surface area contributed by atoms with E-state index in [9.17, 15) is 67.1 Å². The second-order valence-corrected chi connectivity index (χ2v) is 36.8. The molecule has 2 atom stereocenters. The zero-order valence-electron chi connectivity index (χ0n) is 64.6. The predicted octanol–water partition coefficient (Wildman–Crippen LogP) is 13.3. The largest absolute Gasteiger partial charge is 0.481 e. The van der Waals surface area contributed by atoms with E-state index in [0.717, 1.165) is 103 Å². The number of ketones is 1. The Labute approximate surface area is 651 Å². The van der Waals surface area contributed by atoms with Crippen molar-refractivity contribution < 1.29 is 99.0 Å². The number of fused-ring (bicyclic) bond motifs is 2. The van der Waals surface area contributed by atoms with Crippen LogP contribution in [0.15, 0.2) is 127 Å². The molecule has 8 N–H and O–H groups in total. The number of halogens is 3. The van der Waals surface area contributed by atoms with Crippen LogP contribution in [0, 0.1) is 29.3 Å². The molecule has 111 heavy (non-hydrogen) atoms. The van der Waals surface area contributed by atoms with E-state index in [2.05, 4.69) is 45.3 Å². The summed E-state index contributed by atoms with van der Waals surface area (Å²) >= 11 is 0. The Hall–Kier alpha value is -7.62. The highest BCUT2D eigenvalue weighted by Crippen LogP contribution is 2.50. The first kappa shape index (κ1) is 88.9. The highest BCUT2D eigenvalue weighted by Gasteiger charge is 2.46. The molecule has 2 heterocycles. The summed E-state index contributed by atoms with van der Waals surface area (Å²) in [5.41, 5.74) is 4.84. The van der Waals surface area contributed by atoms with Gasteiger partial charge in [-0.15, -0.1) is 0 Å². The van der Waals surface area contributed by atoms with Gasteiger partial charge in [-0.3, -0.25) is 28.3 Å². The number of rotatable bonds is 40. The van der Waals surface area contributed by atoms with Crippen LogP contribution in [-0.2, 0) is 86.0 Å². The van der Waals surface area contributed by atoms with Crippen molar-refractivity contribution in [1.82, 2.24) is 10.6 Å². The lowest BCUT2D eigenvalue weighted by Gasteiger charge is -2.27. The summed E-state index contributed by atoms with van der Waals surface area (Å²) in [5, 5.41) is 23.5. The minimum Gasteiger partial charge on any atom is -0.481 e. The van der Waals surface area contributed by atoms with Crippen molar-refractivity contribution >= 4 is 86.4 Å². The summed E-state index contributed by atoms with van der Waals surface area (Å²) in [6.45, 7) is 17.4. The number of ether oxygens (including phenoxy) is 3. The second-order valence-electron chi connectivity index (χ2n) is 30.5. The number of aliphatic carboxylic acids is 1. The highest BCUT2D eigenvalue weighted by molar-refractivity contribution is 7.91. The summed E-state index contributed by atoms with van der Waals surface area (Å²) in [6.07, 6.45) is 18.7. The van der Waals surface area contributed by atoms with Gasteiger partial charge in [0.2, 0.25) is 27.5 Å². The number of carbonyl (C=O) groups is 4. The molecule has 0 aromatic heterocycles. The van der Waals surface area contributed by atoms with Crippen molar-refractivity contribution in [3.63, 3.8) is 0 Å². The number of nitrogens with two attached hydrogens (primary N) is 1. The van der Waals surface area contributed by atoms with Gasteiger partial charge in [0.1, 0.15) is 22.9 Å². The van der Waals surface area contributed by atoms with Gasteiger partial charge in [-0.2, -0.15) is 21.4 Å². The number of carboxylic acids is 1. The number of hydrogen-bond donors (Lipinski definition) is 7. The van der Waals surface area contributed by atoms with Crippen LogP contribution in [0.2, 0.25) is 0 Å². The van der Waals surface area contributed by atoms with Crippen LogP contribution in [0.1, 0.15) is 200 Å². The Morgan fingerprint density at radius 1 is 0.703 bits per heavy atom. The lowest BCUT2D eigenvalue weighted by atomic mass is 9.81. The Kier molecular flexibility index (Phi) is 31.2. The number of hydrogen-bond acceptors (Lipinski definition) is 17. The lowest BCUT2D eigenvalue weighted by molar-refractivity contribution is -0.438. The maximum absolute atomic E-state index is 15.8. The second kappa shape index (κ2) is 38.9. The summed E-state index contributed by atoms with van der Waals surface area (Å²) in [4.78, 5) is 51.6. The molecular formula is C80H108F3N6O18S4+. The van der Waals surface area contributed by atoms with E-state index < -0.39 is 138 Å². The van der Waals surface area contributed by atoms with Gasteiger partial charge >= 0.3 is 5.97 Å². The molecule has 0 saturated heterocycles. The Morgan fingerprint density at radius 2 is 1.33 bits per heavy atom. The third-order valence-corrected chi connectivity index (χ3v) is 25.1.